The molecule has 3 heterocycles. The van der Waals surface area contributed by atoms with Crippen LogP contribution in [0.3, 0.4) is 0 Å². The molecule has 0 aliphatic heterocycles. The third kappa shape index (κ3) is 3.55. The first kappa shape index (κ1) is 24.2. The monoisotopic (exact) mass is 496 g/mol. The van der Waals surface area contributed by atoms with Crippen LogP contribution in [0.1, 0.15) is 43.9 Å². The van der Waals surface area contributed by atoms with Crippen molar-refractivity contribution in [2.45, 2.75) is 43.6 Å². The van der Waals surface area contributed by atoms with E-state index >= 15 is 0 Å². The number of methoxy groups -OCH3 is 3. The fraction of sp³-hybridized carbons (Fsp3) is 0.423. The van der Waals surface area contributed by atoms with E-state index in [2.05, 4.69) is 28.6 Å². The molecule has 2 N–H and O–H groups in total. The first-order chi connectivity index (χ1) is 17.2. The molecule has 5 rings (SSSR count). The van der Waals surface area contributed by atoms with Gasteiger partial charge in [0, 0.05) is 48.0 Å². The molecule has 1 saturated carbocycles. The maximum Gasteiger partial charge on any atom is 0.335 e. The van der Waals surface area contributed by atoms with Crippen molar-refractivity contribution in [3.05, 3.63) is 47.5 Å². The molecule has 3 aromatic heterocycles. The van der Waals surface area contributed by atoms with Crippen LogP contribution in [-0.4, -0.2) is 64.4 Å². The van der Waals surface area contributed by atoms with Crippen molar-refractivity contribution in [2.24, 2.45) is 0 Å². The van der Waals surface area contributed by atoms with Gasteiger partial charge in [-0.1, -0.05) is 13.8 Å². The van der Waals surface area contributed by atoms with Crippen LogP contribution in [-0.2, 0) is 19.7 Å². The standard InChI is InChI=1S/C26H29FN4O5/c1-25(2,13-34-3)22-20(15-10-26(11-15,36-5)24(32)33)21-18(8-14-12-28-30-23(14)29-21)31(22)16-6-7-17(27)19(9-16)35-4/h6-9,12,15H,10-11,13H2,1-5H3,(H,32,33)(H,28,29,30)/t15-,26+. The van der Waals surface area contributed by atoms with Gasteiger partial charge in [-0.3, -0.25) is 5.10 Å². The number of carboxylic acids is 1. The Kier molecular flexibility index (Phi) is 5.76. The number of nitrogens with one attached hydrogen (secondary N) is 1. The summed E-state index contributed by atoms with van der Waals surface area (Å²) in [5.74, 6) is -1.44. The number of pyridine rings is 1. The smallest absolute Gasteiger partial charge is 0.335 e. The summed E-state index contributed by atoms with van der Waals surface area (Å²) in [6.07, 6.45) is 2.32. The number of carboxylic acid groups (broad SMARTS) is 1. The molecule has 0 unspecified atom stereocenters. The summed E-state index contributed by atoms with van der Waals surface area (Å²) in [6, 6.07) is 6.72. The highest BCUT2D eigenvalue weighted by Crippen LogP contribution is 2.52. The lowest BCUT2D eigenvalue weighted by atomic mass is 9.66. The van der Waals surface area contributed by atoms with Crippen molar-refractivity contribution in [1.82, 2.24) is 19.7 Å². The van der Waals surface area contributed by atoms with Crippen LogP contribution in [0.4, 0.5) is 4.39 Å². The Morgan fingerprint density at radius 3 is 2.67 bits per heavy atom. The van der Waals surface area contributed by atoms with E-state index in [1.165, 1.54) is 20.3 Å². The van der Waals surface area contributed by atoms with Crippen molar-refractivity contribution in [3.8, 4) is 11.4 Å². The molecule has 1 fully saturated rings. The molecule has 0 bridgehead atoms. The lowest BCUT2D eigenvalue weighted by molar-refractivity contribution is -0.175. The Morgan fingerprint density at radius 1 is 1.28 bits per heavy atom. The van der Waals surface area contributed by atoms with Gasteiger partial charge in [-0.2, -0.15) is 5.10 Å². The Morgan fingerprint density at radius 2 is 2.03 bits per heavy atom. The largest absolute Gasteiger partial charge is 0.494 e. The second-order valence-corrected chi connectivity index (χ2v) is 10.0. The molecule has 1 aliphatic carbocycles. The number of nitrogens with zero attached hydrogens (tertiary/aromatic N) is 3. The predicted octanol–water partition coefficient (Wildman–Crippen LogP) is 4.32. The zero-order valence-corrected chi connectivity index (χ0v) is 20.9. The minimum atomic E-state index is -1.24. The summed E-state index contributed by atoms with van der Waals surface area (Å²) in [5, 5.41) is 17.7. The van der Waals surface area contributed by atoms with Crippen molar-refractivity contribution in [1.29, 1.82) is 0 Å². The van der Waals surface area contributed by atoms with Gasteiger partial charge in [0.15, 0.2) is 22.8 Å². The van der Waals surface area contributed by atoms with Crippen LogP contribution in [0.2, 0.25) is 0 Å². The fourth-order valence-electron chi connectivity index (χ4n) is 5.50. The van der Waals surface area contributed by atoms with Crippen molar-refractivity contribution < 1.29 is 28.5 Å². The van der Waals surface area contributed by atoms with Gasteiger partial charge >= 0.3 is 5.97 Å². The van der Waals surface area contributed by atoms with E-state index in [9.17, 15) is 14.3 Å². The van der Waals surface area contributed by atoms with Gasteiger partial charge in [0.25, 0.3) is 0 Å². The van der Waals surface area contributed by atoms with Crippen LogP contribution in [0.25, 0.3) is 27.8 Å². The maximum absolute atomic E-state index is 14.4. The second-order valence-electron chi connectivity index (χ2n) is 10.0. The molecule has 36 heavy (non-hydrogen) atoms. The molecule has 4 aromatic rings. The third-order valence-corrected chi connectivity index (χ3v) is 7.26. The van der Waals surface area contributed by atoms with Gasteiger partial charge < -0.3 is 23.9 Å². The minimum Gasteiger partial charge on any atom is -0.494 e. The molecule has 1 aromatic carbocycles. The normalized spacial score (nSPS) is 20.1. The number of aliphatic carboxylic acids is 1. The number of halogens is 1. The highest BCUT2D eigenvalue weighted by atomic mass is 19.1. The highest BCUT2D eigenvalue weighted by molar-refractivity contribution is 5.94. The van der Waals surface area contributed by atoms with Gasteiger partial charge in [-0.15, -0.1) is 0 Å². The molecular formula is C26H29FN4O5. The van der Waals surface area contributed by atoms with Gasteiger partial charge in [0.1, 0.15) is 0 Å². The summed E-state index contributed by atoms with van der Waals surface area (Å²) in [7, 11) is 4.51. The summed E-state index contributed by atoms with van der Waals surface area (Å²) < 4.78 is 32.8. The first-order valence-corrected chi connectivity index (χ1v) is 11.7. The zero-order valence-electron chi connectivity index (χ0n) is 20.9. The van der Waals surface area contributed by atoms with Gasteiger partial charge in [-0.05, 0) is 37.0 Å². The second kappa shape index (κ2) is 8.56. The Balaban J connectivity index is 1.85. The maximum atomic E-state index is 14.4. The number of aromatic amines is 1. The summed E-state index contributed by atoms with van der Waals surface area (Å²) in [5.41, 5.74) is 2.97. The van der Waals surface area contributed by atoms with Crippen molar-refractivity contribution in [2.75, 3.05) is 27.9 Å². The van der Waals surface area contributed by atoms with Crippen LogP contribution in [0, 0.1) is 5.82 Å². The van der Waals surface area contributed by atoms with E-state index in [1.54, 1.807) is 25.4 Å². The Hall–Kier alpha value is -3.50. The van der Waals surface area contributed by atoms with E-state index in [0.717, 1.165) is 27.7 Å². The van der Waals surface area contributed by atoms with Crippen LogP contribution in [0.15, 0.2) is 30.5 Å². The van der Waals surface area contributed by atoms with Crippen LogP contribution >= 0.6 is 0 Å². The van der Waals surface area contributed by atoms with Gasteiger partial charge in [0.05, 0.1) is 30.9 Å². The van der Waals surface area contributed by atoms with Gasteiger partial charge in [0.2, 0.25) is 0 Å². The molecule has 9 nitrogen and oxygen atoms in total. The zero-order chi connectivity index (χ0) is 25.8. The predicted molar refractivity (Wildman–Crippen MR) is 131 cm³/mol. The molecular weight excluding hydrogens is 467 g/mol. The van der Waals surface area contributed by atoms with E-state index < -0.39 is 22.8 Å². The third-order valence-electron chi connectivity index (χ3n) is 7.26. The number of hydrogen-bond donors (Lipinski definition) is 2. The number of benzene rings is 1. The van der Waals surface area contributed by atoms with Crippen LogP contribution in [0.5, 0.6) is 5.75 Å². The molecule has 190 valence electrons. The summed E-state index contributed by atoms with van der Waals surface area (Å²) >= 11 is 0. The average Bonchev–Trinajstić information content (AvgIpc) is 3.40. The van der Waals surface area contributed by atoms with E-state index in [1.807, 2.05) is 6.07 Å². The molecule has 1 aliphatic rings. The topological polar surface area (TPSA) is 111 Å². The highest BCUT2D eigenvalue weighted by Gasteiger charge is 2.53. The number of H-pyrrole nitrogens is 1. The first-order valence-electron chi connectivity index (χ1n) is 11.7. The minimum absolute atomic E-state index is 0.119. The number of carbonyl (C=O) groups is 1. The van der Waals surface area contributed by atoms with Crippen molar-refractivity contribution >= 4 is 28.0 Å². The quantitative estimate of drug-likeness (QED) is 0.374. The average molecular weight is 497 g/mol. The number of rotatable bonds is 8. The molecule has 0 saturated heterocycles. The molecule has 0 radical (unpaired) electrons. The number of ether oxygens (including phenoxy) is 3. The number of fused-ring (bicyclic) bond motifs is 2. The lowest BCUT2D eigenvalue weighted by Crippen LogP contribution is -2.51. The fourth-order valence-corrected chi connectivity index (χ4v) is 5.50. The van der Waals surface area contributed by atoms with E-state index in [0.29, 0.717) is 30.8 Å². The summed E-state index contributed by atoms with van der Waals surface area (Å²) in [6.45, 7) is 4.53. The number of aromatic nitrogens is 4. The Labute approximate surface area is 207 Å². The van der Waals surface area contributed by atoms with Crippen molar-refractivity contribution in [3.63, 3.8) is 0 Å². The van der Waals surface area contributed by atoms with Gasteiger partial charge in [-0.25, -0.2) is 14.2 Å². The Bertz CT molecular complexity index is 1470. The SMILES string of the molecule is COCC(C)(C)c1c([C@H]2C[C@](OC)(C(=O)O)C2)c2nc3[nH]ncc3cc2n1-c1ccc(F)c(OC)c1. The number of hydrogen-bond acceptors (Lipinski definition) is 6. The van der Waals surface area contributed by atoms with Crippen LogP contribution < -0.4 is 4.74 Å². The van der Waals surface area contributed by atoms with E-state index in [4.69, 9.17) is 19.2 Å². The summed E-state index contributed by atoms with van der Waals surface area (Å²) in [4.78, 5) is 16.9. The molecule has 10 heteroatoms. The molecule has 0 atom stereocenters. The van der Waals surface area contributed by atoms with E-state index in [-0.39, 0.29) is 11.7 Å². The molecule has 0 amide bonds. The molecule has 0 spiro atoms. The lowest BCUT2D eigenvalue weighted by Gasteiger charge is -2.44.